The van der Waals surface area contributed by atoms with Crippen LogP contribution in [0.4, 0.5) is 10.3 Å². The van der Waals surface area contributed by atoms with E-state index in [9.17, 15) is 9.18 Å². The number of hydrogen-bond donors (Lipinski definition) is 0. The number of nitrogens with zero attached hydrogens (tertiary/aromatic N) is 4. The molecule has 1 amide bonds. The van der Waals surface area contributed by atoms with Crippen molar-refractivity contribution in [3.63, 3.8) is 0 Å². The number of carbonyl (C=O) groups excluding carboxylic acids is 1. The summed E-state index contributed by atoms with van der Waals surface area (Å²) >= 11 is 0. The van der Waals surface area contributed by atoms with Crippen LogP contribution in [0.3, 0.4) is 0 Å². The maximum Gasteiger partial charge on any atom is 0.228 e. The van der Waals surface area contributed by atoms with E-state index in [4.69, 9.17) is 9.47 Å². The number of halogens is 1. The van der Waals surface area contributed by atoms with Crippen LogP contribution in [0.1, 0.15) is 6.42 Å². The fraction of sp³-hybridized carbons (Fsp3) is 0.667. The smallest absolute Gasteiger partial charge is 0.228 e. The van der Waals surface area contributed by atoms with Gasteiger partial charge in [-0.2, -0.15) is 0 Å². The number of fused-ring (bicyclic) bond motifs is 2. The van der Waals surface area contributed by atoms with Gasteiger partial charge in [0.05, 0.1) is 43.7 Å². The Labute approximate surface area is 133 Å². The minimum atomic E-state index is -0.453. The third kappa shape index (κ3) is 2.88. The number of carbonyl (C=O) groups is 1. The first kappa shape index (κ1) is 14.8. The maximum absolute atomic E-state index is 13.0. The van der Waals surface area contributed by atoms with Gasteiger partial charge in [-0.1, -0.05) is 0 Å². The zero-order chi connectivity index (χ0) is 15.8. The summed E-state index contributed by atoms with van der Waals surface area (Å²) in [5, 5.41) is 0. The lowest BCUT2D eigenvalue weighted by molar-refractivity contribution is -0.141. The van der Waals surface area contributed by atoms with Gasteiger partial charge in [0.1, 0.15) is 0 Å². The van der Waals surface area contributed by atoms with Crippen LogP contribution in [0.5, 0.6) is 0 Å². The van der Waals surface area contributed by atoms with E-state index in [2.05, 4.69) is 9.97 Å². The molecule has 1 aromatic rings. The van der Waals surface area contributed by atoms with E-state index in [1.54, 1.807) is 0 Å². The average molecular weight is 322 g/mol. The van der Waals surface area contributed by atoms with Gasteiger partial charge in [-0.25, -0.2) is 14.4 Å². The third-order valence-electron chi connectivity index (χ3n) is 4.69. The van der Waals surface area contributed by atoms with Crippen LogP contribution in [-0.2, 0) is 14.3 Å². The van der Waals surface area contributed by atoms with Gasteiger partial charge < -0.3 is 19.3 Å². The Kier molecular flexibility index (Phi) is 3.86. The Bertz CT molecular complexity index is 579. The summed E-state index contributed by atoms with van der Waals surface area (Å²) in [6, 6.07) is 0. The second kappa shape index (κ2) is 6.01. The van der Waals surface area contributed by atoms with Crippen LogP contribution in [0.15, 0.2) is 12.4 Å². The Morgan fingerprint density at radius 1 is 1.22 bits per heavy atom. The number of amides is 1. The normalized spacial score (nSPS) is 30.6. The van der Waals surface area contributed by atoms with Crippen LogP contribution < -0.4 is 4.90 Å². The Hall–Kier alpha value is -1.80. The lowest BCUT2D eigenvalue weighted by Gasteiger charge is -2.34. The van der Waals surface area contributed by atoms with Crippen LogP contribution >= 0.6 is 0 Å². The van der Waals surface area contributed by atoms with Crippen LogP contribution in [-0.4, -0.2) is 72.4 Å². The molecule has 0 spiro atoms. The third-order valence-corrected chi connectivity index (χ3v) is 4.69. The first-order valence-electron chi connectivity index (χ1n) is 7.95. The highest BCUT2D eigenvalue weighted by Gasteiger charge is 2.46. The van der Waals surface area contributed by atoms with E-state index in [1.165, 1.54) is 0 Å². The van der Waals surface area contributed by atoms with E-state index < -0.39 is 5.82 Å². The fourth-order valence-electron chi connectivity index (χ4n) is 3.57. The highest BCUT2D eigenvalue weighted by Crippen LogP contribution is 2.34. The first-order valence-corrected chi connectivity index (χ1v) is 7.95. The molecule has 3 saturated heterocycles. The molecule has 0 N–H and O–H groups in total. The quantitative estimate of drug-likeness (QED) is 0.767. The summed E-state index contributed by atoms with van der Waals surface area (Å²) in [4.78, 5) is 24.6. The van der Waals surface area contributed by atoms with Crippen molar-refractivity contribution in [3.05, 3.63) is 18.2 Å². The lowest BCUT2D eigenvalue weighted by Crippen LogP contribution is -2.48. The molecule has 0 aliphatic carbocycles. The molecule has 0 aromatic carbocycles. The summed E-state index contributed by atoms with van der Waals surface area (Å²) < 4.78 is 24.2. The van der Waals surface area contributed by atoms with Crippen molar-refractivity contribution < 1.29 is 18.7 Å². The van der Waals surface area contributed by atoms with Gasteiger partial charge in [-0.15, -0.1) is 0 Å². The Balaban J connectivity index is 1.45. The predicted molar refractivity (Wildman–Crippen MR) is 78.4 cm³/mol. The molecule has 4 rings (SSSR count). The van der Waals surface area contributed by atoms with Crippen LogP contribution in [0.2, 0.25) is 0 Å². The van der Waals surface area contributed by atoms with Crippen LogP contribution in [0.25, 0.3) is 0 Å². The lowest BCUT2D eigenvalue weighted by atomic mass is 9.98. The van der Waals surface area contributed by atoms with Gasteiger partial charge >= 0.3 is 0 Å². The molecule has 0 unspecified atom stereocenters. The summed E-state index contributed by atoms with van der Waals surface area (Å²) in [5.41, 5.74) is 0. The van der Waals surface area contributed by atoms with E-state index in [0.29, 0.717) is 45.3 Å². The average Bonchev–Trinajstić information content (AvgIpc) is 2.89. The van der Waals surface area contributed by atoms with Crippen molar-refractivity contribution in [2.24, 2.45) is 5.92 Å². The number of aromatic nitrogens is 2. The van der Waals surface area contributed by atoms with Crippen molar-refractivity contribution in [2.45, 2.75) is 18.6 Å². The molecule has 3 aliphatic rings. The van der Waals surface area contributed by atoms with Gasteiger partial charge in [0.2, 0.25) is 11.9 Å². The van der Waals surface area contributed by atoms with Crippen molar-refractivity contribution in [1.29, 1.82) is 0 Å². The molecule has 3 fully saturated rings. The summed E-state index contributed by atoms with van der Waals surface area (Å²) in [7, 11) is 0. The highest BCUT2D eigenvalue weighted by atomic mass is 19.1. The van der Waals surface area contributed by atoms with Crippen molar-refractivity contribution in [3.8, 4) is 0 Å². The highest BCUT2D eigenvalue weighted by molar-refractivity contribution is 5.80. The van der Waals surface area contributed by atoms with Crippen LogP contribution in [0, 0.1) is 11.7 Å². The molecule has 0 saturated carbocycles. The molecule has 0 radical (unpaired) electrons. The molecule has 124 valence electrons. The van der Waals surface area contributed by atoms with Crippen molar-refractivity contribution >= 4 is 11.9 Å². The molecule has 4 heterocycles. The number of hydrogen-bond acceptors (Lipinski definition) is 6. The molecular weight excluding hydrogens is 303 g/mol. The van der Waals surface area contributed by atoms with Gasteiger partial charge in [-0.3, -0.25) is 4.79 Å². The second-order valence-corrected chi connectivity index (χ2v) is 6.18. The summed E-state index contributed by atoms with van der Waals surface area (Å²) in [6.07, 6.45) is 2.89. The molecule has 7 nitrogen and oxygen atoms in total. The Morgan fingerprint density at radius 3 is 2.70 bits per heavy atom. The van der Waals surface area contributed by atoms with E-state index in [1.807, 2.05) is 9.80 Å². The fourth-order valence-corrected chi connectivity index (χ4v) is 3.57. The molecule has 2 bridgehead atoms. The molecule has 3 aliphatic heterocycles. The topological polar surface area (TPSA) is 67.8 Å². The molecular formula is C15H19FN4O3. The van der Waals surface area contributed by atoms with E-state index in [0.717, 1.165) is 18.8 Å². The van der Waals surface area contributed by atoms with E-state index in [-0.39, 0.29) is 24.0 Å². The minimum absolute atomic E-state index is 0.00241. The summed E-state index contributed by atoms with van der Waals surface area (Å²) in [6.45, 7) is 3.69. The Morgan fingerprint density at radius 2 is 1.96 bits per heavy atom. The van der Waals surface area contributed by atoms with Gasteiger partial charge in [0, 0.05) is 26.2 Å². The number of ether oxygens (including phenoxy) is 2. The van der Waals surface area contributed by atoms with Crippen molar-refractivity contribution in [1.82, 2.24) is 14.9 Å². The first-order chi connectivity index (χ1) is 11.2. The largest absolute Gasteiger partial charge is 0.378 e. The second-order valence-electron chi connectivity index (χ2n) is 6.18. The zero-order valence-corrected chi connectivity index (χ0v) is 12.7. The van der Waals surface area contributed by atoms with Crippen molar-refractivity contribution in [2.75, 3.05) is 44.3 Å². The standard InChI is InChI=1S/C15H19FN4O3/c16-10-6-17-15(18-7-10)20-8-11-5-12(13(9-20)23-11)14(21)19-1-3-22-4-2-19/h6-7,11-13H,1-5,8-9H2/t11-,12-,13-/m0/s1. The number of rotatable bonds is 2. The van der Waals surface area contributed by atoms with E-state index >= 15 is 0 Å². The monoisotopic (exact) mass is 322 g/mol. The van der Waals surface area contributed by atoms with Gasteiger partial charge in [-0.05, 0) is 6.42 Å². The van der Waals surface area contributed by atoms with Gasteiger partial charge in [0.25, 0.3) is 0 Å². The molecule has 8 heteroatoms. The zero-order valence-electron chi connectivity index (χ0n) is 12.7. The molecule has 1 aromatic heterocycles. The summed E-state index contributed by atoms with van der Waals surface area (Å²) in [5.74, 6) is 0.0701. The predicted octanol–water partition coefficient (Wildman–Crippen LogP) is 0.0682. The minimum Gasteiger partial charge on any atom is -0.378 e. The van der Waals surface area contributed by atoms with Gasteiger partial charge in [0.15, 0.2) is 5.82 Å². The molecule has 23 heavy (non-hydrogen) atoms. The SMILES string of the molecule is O=C([C@H]1C[C@H]2CN(c3ncc(F)cn3)C[C@@H]1O2)N1CCOCC1. The number of anilines is 1. The number of morpholine rings is 2. The maximum atomic E-state index is 13.0. The molecule has 3 atom stereocenters.